The molecule has 62 valence electrons. The standard InChI is InChI=1S/C9H11N3/c1-4-8-9(10-5-2)11-6-7(3)12-8/h1,5-7,12H,2-3H3. The van der Waals surface area contributed by atoms with Crippen LogP contribution in [-0.4, -0.2) is 18.5 Å². The zero-order valence-electron chi connectivity index (χ0n) is 7.20. The summed E-state index contributed by atoms with van der Waals surface area (Å²) in [7, 11) is 0. The summed E-state index contributed by atoms with van der Waals surface area (Å²) in [4.78, 5) is 8.13. The third-order valence-electron chi connectivity index (χ3n) is 1.41. The van der Waals surface area contributed by atoms with Gasteiger partial charge < -0.3 is 5.32 Å². The van der Waals surface area contributed by atoms with Crippen molar-refractivity contribution in [1.29, 1.82) is 0 Å². The van der Waals surface area contributed by atoms with Gasteiger partial charge in [-0.25, -0.2) is 9.98 Å². The summed E-state index contributed by atoms with van der Waals surface area (Å²) in [6.45, 7) is 3.81. The predicted molar refractivity (Wildman–Crippen MR) is 51.1 cm³/mol. The number of hydrogen-bond donors (Lipinski definition) is 1. The summed E-state index contributed by atoms with van der Waals surface area (Å²) in [5, 5.41) is 3.08. The lowest BCUT2D eigenvalue weighted by atomic mass is 10.3. The van der Waals surface area contributed by atoms with Gasteiger partial charge in [0.1, 0.15) is 5.70 Å². The molecule has 0 bridgehead atoms. The molecular weight excluding hydrogens is 150 g/mol. The topological polar surface area (TPSA) is 36.8 Å². The third kappa shape index (κ3) is 1.73. The van der Waals surface area contributed by atoms with Crippen LogP contribution in [0.25, 0.3) is 0 Å². The minimum absolute atomic E-state index is 0.187. The molecule has 0 aromatic rings. The first kappa shape index (κ1) is 8.54. The first-order chi connectivity index (χ1) is 5.77. The molecule has 0 fully saturated rings. The summed E-state index contributed by atoms with van der Waals surface area (Å²) >= 11 is 0. The van der Waals surface area contributed by atoms with Crippen molar-refractivity contribution in [2.75, 3.05) is 0 Å². The van der Waals surface area contributed by atoms with Gasteiger partial charge in [-0.1, -0.05) is 0 Å². The van der Waals surface area contributed by atoms with Crippen molar-refractivity contribution in [3.8, 4) is 12.3 Å². The number of nitrogens with one attached hydrogen (secondary N) is 1. The molecule has 1 atom stereocenters. The molecule has 1 unspecified atom stereocenters. The Labute approximate surface area is 72.3 Å². The molecule has 0 radical (unpaired) electrons. The molecule has 0 spiro atoms. The van der Waals surface area contributed by atoms with Crippen LogP contribution in [0.3, 0.4) is 0 Å². The van der Waals surface area contributed by atoms with Gasteiger partial charge in [-0.3, -0.25) is 0 Å². The summed E-state index contributed by atoms with van der Waals surface area (Å²) < 4.78 is 0. The second kappa shape index (κ2) is 3.72. The first-order valence-electron chi connectivity index (χ1n) is 3.78. The fourth-order valence-corrected chi connectivity index (χ4v) is 0.903. The first-order valence-corrected chi connectivity index (χ1v) is 3.78. The maximum absolute atomic E-state index is 5.27. The highest BCUT2D eigenvalue weighted by Crippen LogP contribution is 2.08. The zero-order chi connectivity index (χ0) is 8.97. The molecular formula is C9H11N3. The average molecular weight is 161 g/mol. The van der Waals surface area contributed by atoms with E-state index in [-0.39, 0.29) is 6.04 Å². The SMILES string of the molecule is C#CC1=C(N=CC)N=CC(C)N1. The van der Waals surface area contributed by atoms with Crippen molar-refractivity contribution in [3.05, 3.63) is 11.5 Å². The summed E-state index contributed by atoms with van der Waals surface area (Å²) in [5.41, 5.74) is 0.656. The Hall–Kier alpha value is -1.56. The van der Waals surface area contributed by atoms with Crippen molar-refractivity contribution in [2.24, 2.45) is 9.98 Å². The Morgan fingerprint density at radius 2 is 2.58 bits per heavy atom. The largest absolute Gasteiger partial charge is 0.368 e. The van der Waals surface area contributed by atoms with Gasteiger partial charge in [0, 0.05) is 12.4 Å². The van der Waals surface area contributed by atoms with Crippen LogP contribution in [-0.2, 0) is 0 Å². The number of allylic oxidation sites excluding steroid dienone is 1. The van der Waals surface area contributed by atoms with E-state index in [1.54, 1.807) is 12.4 Å². The maximum Gasteiger partial charge on any atom is 0.183 e. The highest BCUT2D eigenvalue weighted by Gasteiger charge is 2.09. The van der Waals surface area contributed by atoms with Crippen molar-refractivity contribution < 1.29 is 0 Å². The smallest absolute Gasteiger partial charge is 0.183 e. The van der Waals surface area contributed by atoms with E-state index >= 15 is 0 Å². The van der Waals surface area contributed by atoms with E-state index in [9.17, 15) is 0 Å². The minimum atomic E-state index is 0.187. The molecule has 1 N–H and O–H groups in total. The highest BCUT2D eigenvalue weighted by molar-refractivity contribution is 5.69. The molecule has 0 amide bonds. The Kier molecular flexibility index (Phi) is 2.65. The average Bonchev–Trinajstić information content (AvgIpc) is 2.08. The number of hydrogen-bond acceptors (Lipinski definition) is 3. The fourth-order valence-electron chi connectivity index (χ4n) is 0.903. The van der Waals surface area contributed by atoms with Crippen LogP contribution in [0.15, 0.2) is 21.5 Å². The lowest BCUT2D eigenvalue weighted by Crippen LogP contribution is -2.29. The monoisotopic (exact) mass is 161 g/mol. The fraction of sp³-hybridized carbons (Fsp3) is 0.333. The van der Waals surface area contributed by atoms with E-state index in [1.165, 1.54) is 0 Å². The lowest BCUT2D eigenvalue weighted by Gasteiger charge is -2.15. The molecule has 12 heavy (non-hydrogen) atoms. The van der Waals surface area contributed by atoms with Gasteiger partial charge >= 0.3 is 0 Å². The van der Waals surface area contributed by atoms with E-state index in [4.69, 9.17) is 6.42 Å². The van der Waals surface area contributed by atoms with Crippen molar-refractivity contribution in [1.82, 2.24) is 5.32 Å². The van der Waals surface area contributed by atoms with Crippen LogP contribution < -0.4 is 5.32 Å². The van der Waals surface area contributed by atoms with Crippen molar-refractivity contribution in [2.45, 2.75) is 19.9 Å². The van der Waals surface area contributed by atoms with Crippen molar-refractivity contribution >= 4 is 12.4 Å². The molecule has 0 aromatic carbocycles. The van der Waals surface area contributed by atoms with Gasteiger partial charge in [-0.2, -0.15) is 0 Å². The Bertz CT molecular complexity index is 291. The summed E-state index contributed by atoms with van der Waals surface area (Å²) in [5.74, 6) is 3.09. The molecule has 0 aromatic heterocycles. The minimum Gasteiger partial charge on any atom is -0.368 e. The van der Waals surface area contributed by atoms with E-state index < -0.39 is 0 Å². The third-order valence-corrected chi connectivity index (χ3v) is 1.41. The van der Waals surface area contributed by atoms with Crippen molar-refractivity contribution in [3.63, 3.8) is 0 Å². The number of nitrogens with zero attached hydrogens (tertiary/aromatic N) is 2. The van der Waals surface area contributed by atoms with Crippen LogP contribution in [0.5, 0.6) is 0 Å². The van der Waals surface area contributed by atoms with Gasteiger partial charge in [0.05, 0.1) is 6.04 Å². The Morgan fingerprint density at radius 3 is 3.17 bits per heavy atom. The number of rotatable bonds is 1. The molecule has 1 aliphatic rings. The molecule has 0 saturated carbocycles. The number of aliphatic imine (C=N–C) groups is 2. The van der Waals surface area contributed by atoms with Crippen LogP contribution in [0.2, 0.25) is 0 Å². The van der Waals surface area contributed by atoms with Gasteiger partial charge in [0.15, 0.2) is 5.82 Å². The number of terminal acetylenes is 1. The Morgan fingerprint density at radius 1 is 1.83 bits per heavy atom. The van der Waals surface area contributed by atoms with Gasteiger partial charge in [-0.05, 0) is 19.8 Å². The zero-order valence-corrected chi connectivity index (χ0v) is 7.20. The second-order valence-electron chi connectivity index (χ2n) is 2.44. The summed E-state index contributed by atoms with van der Waals surface area (Å²) in [6, 6.07) is 0.187. The molecule has 1 aliphatic heterocycles. The molecule has 3 nitrogen and oxygen atoms in total. The van der Waals surface area contributed by atoms with E-state index in [1.807, 2.05) is 13.8 Å². The normalized spacial score (nSPS) is 22.6. The molecule has 0 aliphatic carbocycles. The quantitative estimate of drug-likeness (QED) is 0.451. The molecule has 3 heteroatoms. The second-order valence-corrected chi connectivity index (χ2v) is 2.44. The molecule has 1 rings (SSSR count). The highest BCUT2D eigenvalue weighted by atomic mass is 15.1. The van der Waals surface area contributed by atoms with Crippen LogP contribution >= 0.6 is 0 Å². The van der Waals surface area contributed by atoms with Crippen LogP contribution in [0.4, 0.5) is 0 Å². The molecule has 0 saturated heterocycles. The van der Waals surface area contributed by atoms with Gasteiger partial charge in [0.2, 0.25) is 0 Å². The predicted octanol–water partition coefficient (Wildman–Crippen LogP) is 0.942. The van der Waals surface area contributed by atoms with Gasteiger partial charge in [0.25, 0.3) is 0 Å². The maximum atomic E-state index is 5.27. The Balaban J connectivity index is 2.95. The molecule has 1 heterocycles. The summed E-state index contributed by atoms with van der Waals surface area (Å²) in [6.07, 6.45) is 8.72. The van der Waals surface area contributed by atoms with E-state index in [2.05, 4.69) is 21.2 Å². The van der Waals surface area contributed by atoms with Crippen LogP contribution in [0, 0.1) is 12.3 Å². The lowest BCUT2D eigenvalue weighted by molar-refractivity contribution is 0.763. The van der Waals surface area contributed by atoms with Gasteiger partial charge in [-0.15, -0.1) is 6.42 Å². The van der Waals surface area contributed by atoms with E-state index in [0.717, 1.165) is 0 Å². The van der Waals surface area contributed by atoms with E-state index in [0.29, 0.717) is 11.5 Å². The van der Waals surface area contributed by atoms with Crippen LogP contribution in [0.1, 0.15) is 13.8 Å².